The summed E-state index contributed by atoms with van der Waals surface area (Å²) in [7, 11) is 3.37. The summed E-state index contributed by atoms with van der Waals surface area (Å²) in [4.78, 5) is 50.4. The van der Waals surface area contributed by atoms with Crippen molar-refractivity contribution in [2.24, 2.45) is 5.41 Å². The molecule has 0 fully saturated rings. The van der Waals surface area contributed by atoms with E-state index in [0.29, 0.717) is 55.1 Å². The van der Waals surface area contributed by atoms with Crippen LogP contribution in [0.2, 0.25) is 0 Å². The molecule has 4 aromatic rings. The normalized spacial score (nSPS) is 14.8. The minimum absolute atomic E-state index is 0.112. The van der Waals surface area contributed by atoms with Gasteiger partial charge in [-0.15, -0.1) is 0 Å². The van der Waals surface area contributed by atoms with E-state index in [1.807, 2.05) is 51.2 Å². The van der Waals surface area contributed by atoms with Gasteiger partial charge < -0.3 is 28.4 Å². The lowest BCUT2D eigenvalue weighted by atomic mass is 9.90. The molecule has 5 rings (SSSR count). The average molecular weight is 586 g/mol. The van der Waals surface area contributed by atoms with Crippen molar-refractivity contribution in [1.29, 1.82) is 0 Å². The van der Waals surface area contributed by atoms with Crippen LogP contribution in [0, 0.1) is 19.3 Å². The van der Waals surface area contributed by atoms with E-state index in [0.717, 1.165) is 28.1 Å². The van der Waals surface area contributed by atoms with Gasteiger partial charge in [0.15, 0.2) is 0 Å². The van der Waals surface area contributed by atoms with Crippen LogP contribution >= 0.6 is 0 Å². The van der Waals surface area contributed by atoms with E-state index in [2.05, 4.69) is 9.88 Å². The molecule has 0 N–H and O–H groups in total. The van der Waals surface area contributed by atoms with Crippen LogP contribution in [-0.4, -0.2) is 48.6 Å². The molecule has 0 atom stereocenters. The van der Waals surface area contributed by atoms with E-state index >= 15 is 0 Å². The Hall–Kier alpha value is -4.44. The van der Waals surface area contributed by atoms with E-state index in [4.69, 9.17) is 9.15 Å². The van der Waals surface area contributed by atoms with Gasteiger partial charge in [0, 0.05) is 64.0 Å². The number of carbonyl (C=O) groups is 2. The summed E-state index contributed by atoms with van der Waals surface area (Å²) in [6.45, 7) is 11.4. The number of hydrogen-bond donors (Lipinski definition) is 0. The Labute approximate surface area is 251 Å². The molecule has 2 amide bonds. The van der Waals surface area contributed by atoms with Crippen molar-refractivity contribution in [3.63, 3.8) is 0 Å². The summed E-state index contributed by atoms with van der Waals surface area (Å²) < 4.78 is 12.7. The van der Waals surface area contributed by atoms with Gasteiger partial charge in [-0.3, -0.25) is 19.4 Å². The fourth-order valence-corrected chi connectivity index (χ4v) is 6.09. The number of carbonyl (C=O) groups excluding carboxylic acids is 2. The van der Waals surface area contributed by atoms with Crippen LogP contribution in [0.5, 0.6) is 0 Å². The van der Waals surface area contributed by atoms with E-state index in [1.54, 1.807) is 54.6 Å². The summed E-state index contributed by atoms with van der Waals surface area (Å²) in [5.74, 6) is -0.481. The first-order chi connectivity index (χ1) is 20.5. The fraction of sp³-hybridized carbons (Fsp3) is 0.394. The highest BCUT2D eigenvalue weighted by atomic mass is 16.5. The van der Waals surface area contributed by atoms with Crippen LogP contribution in [0.1, 0.15) is 43.2 Å². The average Bonchev–Trinajstić information content (AvgIpc) is 3.48. The first-order valence-electron chi connectivity index (χ1n) is 14.5. The number of fused-ring (bicyclic) bond motifs is 2. The summed E-state index contributed by atoms with van der Waals surface area (Å²) >= 11 is 0. The van der Waals surface area contributed by atoms with Gasteiger partial charge in [0.2, 0.25) is 11.8 Å². The smallest absolute Gasteiger partial charge is 0.261 e. The van der Waals surface area contributed by atoms with E-state index in [1.165, 1.54) is 6.26 Å². The Morgan fingerprint density at radius 2 is 1.84 bits per heavy atom. The molecule has 10 nitrogen and oxygen atoms in total. The molecular formula is C33H39N5O5. The van der Waals surface area contributed by atoms with Crippen LogP contribution < -0.4 is 20.3 Å². The molecule has 0 radical (unpaired) electrons. The summed E-state index contributed by atoms with van der Waals surface area (Å²) in [5, 5.41) is 0.550. The molecule has 4 heterocycles. The second-order valence-corrected chi connectivity index (χ2v) is 11.6. The van der Waals surface area contributed by atoms with Gasteiger partial charge in [0.1, 0.15) is 11.0 Å². The zero-order valence-corrected chi connectivity index (χ0v) is 25.9. The van der Waals surface area contributed by atoms with Crippen LogP contribution in [0.3, 0.4) is 0 Å². The second kappa shape index (κ2) is 11.7. The minimum atomic E-state index is -1.20. The number of ether oxygens (including phenoxy) is 1. The number of amides is 2. The molecule has 0 spiro atoms. The summed E-state index contributed by atoms with van der Waals surface area (Å²) in [5.41, 5.74) is 5.14. The van der Waals surface area contributed by atoms with Crippen molar-refractivity contribution in [3.8, 4) is 0 Å². The van der Waals surface area contributed by atoms with Crippen molar-refractivity contribution in [3.05, 3.63) is 81.7 Å². The van der Waals surface area contributed by atoms with Crippen molar-refractivity contribution in [2.45, 2.75) is 54.3 Å². The zero-order valence-electron chi connectivity index (χ0n) is 25.9. The maximum atomic E-state index is 13.6. The predicted molar refractivity (Wildman–Crippen MR) is 168 cm³/mol. The maximum absolute atomic E-state index is 13.6. The number of pyridine rings is 2. The highest BCUT2D eigenvalue weighted by Gasteiger charge is 2.45. The molecule has 3 aromatic heterocycles. The zero-order chi connectivity index (χ0) is 31.1. The third-order valence-corrected chi connectivity index (χ3v) is 8.39. The number of aryl methyl sites for hydroxylation is 1. The van der Waals surface area contributed by atoms with Gasteiger partial charge >= 0.3 is 0 Å². The number of furan rings is 1. The first-order valence-corrected chi connectivity index (χ1v) is 14.5. The Bertz CT molecular complexity index is 1750. The molecule has 0 saturated heterocycles. The van der Waals surface area contributed by atoms with Crippen molar-refractivity contribution in [2.75, 3.05) is 41.9 Å². The molecule has 1 aliphatic heterocycles. The van der Waals surface area contributed by atoms with Gasteiger partial charge in [-0.05, 0) is 70.0 Å². The number of anilines is 3. The number of nitrogens with zero attached hydrogens (tertiary/aromatic N) is 5. The molecular weight excluding hydrogens is 546 g/mol. The van der Waals surface area contributed by atoms with E-state index < -0.39 is 5.41 Å². The first kappa shape index (κ1) is 30.0. The maximum Gasteiger partial charge on any atom is 0.261 e. The lowest BCUT2D eigenvalue weighted by molar-refractivity contribution is -0.137. The van der Waals surface area contributed by atoms with Gasteiger partial charge in [0.25, 0.3) is 5.56 Å². The molecule has 0 unspecified atom stereocenters. The Morgan fingerprint density at radius 1 is 1.07 bits per heavy atom. The Balaban J connectivity index is 1.62. The molecule has 0 aliphatic carbocycles. The molecule has 10 heteroatoms. The molecule has 1 aliphatic rings. The SMILES string of the molecule is CCN1C(=O)C(C)(C)C(=O)N(C)c2c1ccc(N(CCn1cc(C)c3occc3c1=O)Cc1cccnc1COC)c2C. The summed E-state index contributed by atoms with van der Waals surface area (Å²) in [6, 6.07) is 9.55. The van der Waals surface area contributed by atoms with Crippen LogP contribution in [-0.2, 0) is 34.0 Å². The molecule has 0 bridgehead atoms. The number of hydrogen-bond acceptors (Lipinski definition) is 7. The third-order valence-electron chi connectivity index (χ3n) is 8.39. The van der Waals surface area contributed by atoms with Crippen LogP contribution in [0.25, 0.3) is 11.0 Å². The monoisotopic (exact) mass is 585 g/mol. The third kappa shape index (κ3) is 5.20. The topological polar surface area (TPSA) is 101 Å². The van der Waals surface area contributed by atoms with Gasteiger partial charge in [-0.2, -0.15) is 0 Å². The molecule has 43 heavy (non-hydrogen) atoms. The standard InChI is InChI=1S/C33H39N5O5/c1-8-38-27-12-11-26(22(3)28(27)35(6)31(40)33(4,5)32(38)41)36(19-23-10-9-14-34-25(23)20-42-7)15-16-37-18-21(2)29-24(30(37)39)13-17-43-29/h9-14,17-18H,8,15-16,19-20H2,1-7H3. The number of methoxy groups -OCH3 is 1. The summed E-state index contributed by atoms with van der Waals surface area (Å²) in [6.07, 6.45) is 5.12. The van der Waals surface area contributed by atoms with E-state index in [9.17, 15) is 14.4 Å². The minimum Gasteiger partial charge on any atom is -0.464 e. The van der Waals surface area contributed by atoms with Crippen LogP contribution in [0.4, 0.5) is 17.1 Å². The molecule has 1 aromatic carbocycles. The fourth-order valence-electron chi connectivity index (χ4n) is 6.09. The number of benzene rings is 1. The van der Waals surface area contributed by atoms with Crippen LogP contribution in [0.15, 0.2) is 58.2 Å². The molecule has 0 saturated carbocycles. The van der Waals surface area contributed by atoms with Crippen molar-refractivity contribution < 1.29 is 18.7 Å². The Morgan fingerprint density at radius 3 is 2.56 bits per heavy atom. The molecule has 226 valence electrons. The van der Waals surface area contributed by atoms with Crippen molar-refractivity contribution >= 4 is 39.8 Å². The van der Waals surface area contributed by atoms with Crippen molar-refractivity contribution in [1.82, 2.24) is 9.55 Å². The van der Waals surface area contributed by atoms with Gasteiger partial charge in [-0.1, -0.05) is 6.07 Å². The second-order valence-electron chi connectivity index (χ2n) is 11.6. The Kier molecular flexibility index (Phi) is 8.16. The predicted octanol–water partition coefficient (Wildman–Crippen LogP) is 4.82. The number of aromatic nitrogens is 2. The highest BCUT2D eigenvalue weighted by molar-refractivity contribution is 6.20. The number of rotatable bonds is 9. The lowest BCUT2D eigenvalue weighted by Gasteiger charge is -2.31. The largest absolute Gasteiger partial charge is 0.464 e. The highest BCUT2D eigenvalue weighted by Crippen LogP contribution is 2.43. The van der Waals surface area contributed by atoms with E-state index in [-0.39, 0.29) is 17.4 Å². The van der Waals surface area contributed by atoms with Gasteiger partial charge in [0.05, 0.1) is 35.3 Å². The van der Waals surface area contributed by atoms with Gasteiger partial charge in [-0.25, -0.2) is 0 Å². The quantitative estimate of drug-likeness (QED) is 0.260. The lowest BCUT2D eigenvalue weighted by Crippen LogP contribution is -2.47.